The molecule has 0 atom stereocenters. The predicted octanol–water partition coefficient (Wildman–Crippen LogP) is 4.94. The highest BCUT2D eigenvalue weighted by Gasteiger charge is 2.17. The van der Waals surface area contributed by atoms with E-state index in [0.29, 0.717) is 16.3 Å². The smallest absolute Gasteiger partial charge is 0.337 e. The van der Waals surface area contributed by atoms with Crippen LogP contribution >= 0.6 is 11.6 Å². The van der Waals surface area contributed by atoms with Crippen LogP contribution in [0.4, 0.5) is 0 Å². The van der Waals surface area contributed by atoms with Crippen LogP contribution in [0.25, 0.3) is 22.5 Å². The lowest BCUT2D eigenvalue weighted by molar-refractivity contribution is 0.0600. The number of hydrogen-bond acceptors (Lipinski definition) is 5. The Morgan fingerprint density at radius 2 is 1.74 bits per heavy atom. The first kappa shape index (κ1) is 19.0. The molecule has 0 aliphatic carbocycles. The van der Waals surface area contributed by atoms with Crippen molar-refractivity contribution in [2.45, 2.75) is 26.2 Å². The summed E-state index contributed by atoms with van der Waals surface area (Å²) in [6, 6.07) is 10.8. The summed E-state index contributed by atoms with van der Waals surface area (Å²) >= 11 is 6.37. The van der Waals surface area contributed by atoms with E-state index >= 15 is 0 Å². The standard InChI is InChI=1S/C21H20ClN3O2/c1-21(2,3)19-10-13(7-8-23-19)17-11-18(25-12-24-17)15-6-5-14(9-16(15)22)20(26)27-4/h5-12H,1-4H3. The molecule has 0 radical (unpaired) electrons. The highest BCUT2D eigenvalue weighted by atomic mass is 35.5. The largest absolute Gasteiger partial charge is 0.465 e. The quantitative estimate of drug-likeness (QED) is 0.601. The van der Waals surface area contributed by atoms with Crippen molar-refractivity contribution < 1.29 is 9.53 Å². The zero-order valence-corrected chi connectivity index (χ0v) is 16.4. The van der Waals surface area contributed by atoms with E-state index in [4.69, 9.17) is 16.3 Å². The average molecular weight is 382 g/mol. The van der Waals surface area contributed by atoms with Gasteiger partial charge in [0.25, 0.3) is 0 Å². The molecular formula is C21H20ClN3O2. The maximum absolute atomic E-state index is 11.7. The number of carbonyl (C=O) groups is 1. The highest BCUT2D eigenvalue weighted by molar-refractivity contribution is 6.33. The maximum Gasteiger partial charge on any atom is 0.337 e. The van der Waals surface area contributed by atoms with Crippen LogP contribution in [-0.2, 0) is 10.2 Å². The molecule has 5 nitrogen and oxygen atoms in total. The van der Waals surface area contributed by atoms with Gasteiger partial charge in [-0.2, -0.15) is 0 Å². The molecule has 2 aromatic heterocycles. The molecule has 0 bridgehead atoms. The van der Waals surface area contributed by atoms with Crippen LogP contribution in [0, 0.1) is 0 Å². The fraction of sp³-hybridized carbons (Fsp3) is 0.238. The molecule has 0 N–H and O–H groups in total. The lowest BCUT2D eigenvalue weighted by Crippen LogP contribution is -2.13. The van der Waals surface area contributed by atoms with Crippen molar-refractivity contribution in [2.75, 3.05) is 7.11 Å². The number of rotatable bonds is 3. The van der Waals surface area contributed by atoms with Crippen LogP contribution in [0.3, 0.4) is 0 Å². The minimum atomic E-state index is -0.432. The second-order valence-electron chi connectivity index (χ2n) is 7.15. The summed E-state index contributed by atoms with van der Waals surface area (Å²) in [5.41, 5.74) is 4.46. The van der Waals surface area contributed by atoms with E-state index in [1.165, 1.54) is 13.4 Å². The molecular weight excluding hydrogens is 362 g/mol. The average Bonchev–Trinajstić information content (AvgIpc) is 2.67. The third kappa shape index (κ3) is 4.14. The summed E-state index contributed by atoms with van der Waals surface area (Å²) in [6.45, 7) is 6.35. The van der Waals surface area contributed by atoms with Gasteiger partial charge in [-0.05, 0) is 30.3 Å². The van der Waals surface area contributed by atoms with Gasteiger partial charge in [0.1, 0.15) is 6.33 Å². The monoisotopic (exact) mass is 381 g/mol. The summed E-state index contributed by atoms with van der Waals surface area (Å²) < 4.78 is 4.72. The number of hydrogen-bond donors (Lipinski definition) is 0. The van der Waals surface area contributed by atoms with E-state index in [2.05, 4.69) is 35.7 Å². The van der Waals surface area contributed by atoms with Crippen molar-refractivity contribution in [2.24, 2.45) is 0 Å². The molecule has 27 heavy (non-hydrogen) atoms. The van der Waals surface area contributed by atoms with E-state index in [0.717, 1.165) is 22.5 Å². The summed E-state index contributed by atoms with van der Waals surface area (Å²) in [6.07, 6.45) is 3.29. The molecule has 3 aromatic rings. The van der Waals surface area contributed by atoms with Crippen LogP contribution in [-0.4, -0.2) is 28.0 Å². The third-order valence-corrected chi connectivity index (χ3v) is 4.47. The maximum atomic E-state index is 11.7. The minimum absolute atomic E-state index is 0.0567. The van der Waals surface area contributed by atoms with Gasteiger partial charge in [0, 0.05) is 28.4 Å². The minimum Gasteiger partial charge on any atom is -0.465 e. The molecule has 0 saturated carbocycles. The fourth-order valence-corrected chi connectivity index (χ4v) is 2.91. The number of ether oxygens (including phenoxy) is 1. The molecule has 2 heterocycles. The molecule has 3 rings (SSSR count). The Labute approximate surface area is 163 Å². The van der Waals surface area contributed by atoms with Crippen molar-refractivity contribution in [3.05, 3.63) is 65.2 Å². The molecule has 0 spiro atoms. The van der Waals surface area contributed by atoms with Crippen LogP contribution in [0.1, 0.15) is 36.8 Å². The molecule has 1 aromatic carbocycles. The Morgan fingerprint density at radius 1 is 1.00 bits per heavy atom. The van der Waals surface area contributed by atoms with Gasteiger partial charge in [0.2, 0.25) is 0 Å². The number of methoxy groups -OCH3 is 1. The summed E-state index contributed by atoms with van der Waals surface area (Å²) in [7, 11) is 1.33. The SMILES string of the molecule is COC(=O)c1ccc(-c2cc(-c3ccnc(C(C)(C)C)c3)ncn2)c(Cl)c1. The number of benzene rings is 1. The Bertz CT molecular complexity index is 997. The van der Waals surface area contributed by atoms with Crippen LogP contribution in [0.2, 0.25) is 5.02 Å². The van der Waals surface area contributed by atoms with E-state index < -0.39 is 5.97 Å². The number of carbonyl (C=O) groups excluding carboxylic acids is 1. The lowest BCUT2D eigenvalue weighted by atomic mass is 9.90. The van der Waals surface area contributed by atoms with Crippen molar-refractivity contribution in [1.82, 2.24) is 15.0 Å². The van der Waals surface area contributed by atoms with Crippen LogP contribution in [0.5, 0.6) is 0 Å². The van der Waals surface area contributed by atoms with Gasteiger partial charge in [-0.3, -0.25) is 4.98 Å². The van der Waals surface area contributed by atoms with E-state index in [1.807, 2.05) is 18.2 Å². The molecule has 0 saturated heterocycles. The predicted molar refractivity (Wildman–Crippen MR) is 106 cm³/mol. The first-order chi connectivity index (χ1) is 12.8. The summed E-state index contributed by atoms with van der Waals surface area (Å²) in [5.74, 6) is -0.432. The Balaban J connectivity index is 2.01. The van der Waals surface area contributed by atoms with Crippen molar-refractivity contribution in [3.63, 3.8) is 0 Å². The highest BCUT2D eigenvalue weighted by Crippen LogP contribution is 2.30. The molecule has 0 amide bonds. The topological polar surface area (TPSA) is 65.0 Å². The van der Waals surface area contributed by atoms with Gasteiger partial charge in [0.15, 0.2) is 0 Å². The second-order valence-corrected chi connectivity index (χ2v) is 7.56. The number of pyridine rings is 1. The van der Waals surface area contributed by atoms with E-state index in [-0.39, 0.29) is 5.41 Å². The van der Waals surface area contributed by atoms with Gasteiger partial charge in [-0.1, -0.05) is 38.4 Å². The van der Waals surface area contributed by atoms with Crippen molar-refractivity contribution in [1.29, 1.82) is 0 Å². The fourth-order valence-electron chi connectivity index (χ4n) is 2.63. The van der Waals surface area contributed by atoms with Crippen LogP contribution < -0.4 is 0 Å². The van der Waals surface area contributed by atoms with Gasteiger partial charge in [-0.15, -0.1) is 0 Å². The van der Waals surface area contributed by atoms with E-state index in [1.54, 1.807) is 24.4 Å². The number of esters is 1. The van der Waals surface area contributed by atoms with E-state index in [9.17, 15) is 4.79 Å². The third-order valence-electron chi connectivity index (χ3n) is 4.16. The van der Waals surface area contributed by atoms with Gasteiger partial charge < -0.3 is 4.74 Å². The lowest BCUT2D eigenvalue weighted by Gasteiger charge is -2.18. The Morgan fingerprint density at radius 3 is 2.41 bits per heavy atom. The molecule has 6 heteroatoms. The molecule has 138 valence electrons. The summed E-state index contributed by atoms with van der Waals surface area (Å²) in [4.78, 5) is 24.8. The molecule has 0 aliphatic heterocycles. The normalized spacial score (nSPS) is 11.3. The Hall–Kier alpha value is -2.79. The van der Waals surface area contributed by atoms with Crippen molar-refractivity contribution >= 4 is 17.6 Å². The number of nitrogens with zero attached hydrogens (tertiary/aromatic N) is 3. The Kier molecular flexibility index (Phi) is 5.24. The molecule has 0 fully saturated rings. The second kappa shape index (κ2) is 7.45. The van der Waals surface area contributed by atoms with Gasteiger partial charge in [0.05, 0.1) is 29.1 Å². The number of aromatic nitrogens is 3. The van der Waals surface area contributed by atoms with Crippen molar-refractivity contribution in [3.8, 4) is 22.5 Å². The summed E-state index contributed by atoms with van der Waals surface area (Å²) in [5, 5.41) is 0.424. The number of halogens is 1. The first-order valence-electron chi connectivity index (χ1n) is 8.47. The molecule has 0 aliphatic rings. The van der Waals surface area contributed by atoms with Crippen LogP contribution in [0.15, 0.2) is 48.9 Å². The van der Waals surface area contributed by atoms with Gasteiger partial charge in [-0.25, -0.2) is 14.8 Å². The zero-order chi connectivity index (χ0) is 19.6. The molecule has 0 unspecified atom stereocenters. The zero-order valence-electron chi connectivity index (χ0n) is 15.7. The van der Waals surface area contributed by atoms with Gasteiger partial charge >= 0.3 is 5.97 Å². The first-order valence-corrected chi connectivity index (χ1v) is 8.84.